The summed E-state index contributed by atoms with van der Waals surface area (Å²) < 4.78 is 4.75. The molecule has 17 heavy (non-hydrogen) atoms. The Bertz CT molecular complexity index is 300. The Balaban J connectivity index is 1.99. The molecule has 2 aliphatic heterocycles. The first-order valence-electron chi connectivity index (χ1n) is 6.35. The molecule has 2 rings (SSSR count). The number of methoxy groups -OCH3 is 1. The minimum Gasteiger partial charge on any atom is -0.467 e. The van der Waals surface area contributed by atoms with Gasteiger partial charge in [-0.15, -0.1) is 0 Å². The second-order valence-corrected chi connectivity index (χ2v) is 4.72. The number of esters is 1. The second kappa shape index (κ2) is 5.49. The number of ether oxygens (including phenoxy) is 1. The fourth-order valence-corrected chi connectivity index (χ4v) is 2.67. The Morgan fingerprint density at radius 3 is 2.71 bits per heavy atom. The molecule has 1 N–H and O–H groups in total. The van der Waals surface area contributed by atoms with Gasteiger partial charge in [-0.1, -0.05) is 6.42 Å². The van der Waals surface area contributed by atoms with E-state index >= 15 is 0 Å². The summed E-state index contributed by atoms with van der Waals surface area (Å²) in [4.78, 5) is 25.6. The van der Waals surface area contributed by atoms with Crippen LogP contribution in [0.15, 0.2) is 0 Å². The van der Waals surface area contributed by atoms with Gasteiger partial charge in [-0.05, 0) is 32.2 Å². The predicted octanol–water partition coefficient (Wildman–Crippen LogP) is 0.292. The lowest BCUT2D eigenvalue weighted by Crippen LogP contribution is -2.51. The summed E-state index contributed by atoms with van der Waals surface area (Å²) >= 11 is 0. The molecule has 0 bridgehead atoms. The van der Waals surface area contributed by atoms with E-state index in [-0.39, 0.29) is 24.0 Å². The quantitative estimate of drug-likeness (QED) is 0.705. The highest BCUT2D eigenvalue weighted by atomic mass is 16.5. The second-order valence-electron chi connectivity index (χ2n) is 4.72. The molecule has 2 heterocycles. The third-order valence-electron chi connectivity index (χ3n) is 3.62. The van der Waals surface area contributed by atoms with Gasteiger partial charge in [0.2, 0.25) is 5.91 Å². The first-order valence-corrected chi connectivity index (χ1v) is 6.35. The summed E-state index contributed by atoms with van der Waals surface area (Å²) in [5.74, 6) is -0.218. The highest BCUT2D eigenvalue weighted by Gasteiger charge is 2.37. The van der Waals surface area contributed by atoms with Crippen molar-refractivity contribution in [3.8, 4) is 0 Å². The van der Waals surface area contributed by atoms with Crippen molar-refractivity contribution in [1.29, 1.82) is 0 Å². The molecule has 2 atom stereocenters. The normalized spacial score (nSPS) is 29.1. The van der Waals surface area contributed by atoms with Crippen molar-refractivity contribution in [1.82, 2.24) is 10.2 Å². The fraction of sp³-hybridized carbons (Fsp3) is 0.833. The number of hydrogen-bond donors (Lipinski definition) is 1. The highest BCUT2D eigenvalue weighted by molar-refractivity contribution is 5.88. The van der Waals surface area contributed by atoms with E-state index in [1.165, 1.54) is 7.11 Å². The van der Waals surface area contributed by atoms with Gasteiger partial charge in [-0.2, -0.15) is 0 Å². The van der Waals surface area contributed by atoms with Crippen LogP contribution in [-0.4, -0.2) is 49.1 Å². The molecule has 5 heteroatoms. The molecule has 1 amide bonds. The third kappa shape index (κ3) is 2.60. The van der Waals surface area contributed by atoms with Crippen LogP contribution in [0.4, 0.5) is 0 Å². The average Bonchev–Trinajstić information content (AvgIpc) is 2.87. The van der Waals surface area contributed by atoms with E-state index in [0.29, 0.717) is 6.54 Å². The SMILES string of the molecule is COC(=O)C1CCCN1C(=O)C1CCCCN1. The van der Waals surface area contributed by atoms with Crippen LogP contribution in [0.3, 0.4) is 0 Å². The summed E-state index contributed by atoms with van der Waals surface area (Å²) in [7, 11) is 1.38. The molecule has 0 aliphatic carbocycles. The Kier molecular flexibility index (Phi) is 3.99. The number of likely N-dealkylation sites (tertiary alicyclic amines) is 1. The van der Waals surface area contributed by atoms with Crippen molar-refractivity contribution >= 4 is 11.9 Å². The lowest BCUT2D eigenvalue weighted by Gasteiger charge is -2.30. The average molecular weight is 240 g/mol. The number of amides is 1. The molecular weight excluding hydrogens is 220 g/mol. The smallest absolute Gasteiger partial charge is 0.328 e. The van der Waals surface area contributed by atoms with Gasteiger partial charge in [0.05, 0.1) is 13.2 Å². The van der Waals surface area contributed by atoms with Crippen molar-refractivity contribution in [2.24, 2.45) is 0 Å². The third-order valence-corrected chi connectivity index (χ3v) is 3.62. The molecule has 2 aliphatic rings. The van der Waals surface area contributed by atoms with Gasteiger partial charge in [0.1, 0.15) is 6.04 Å². The fourth-order valence-electron chi connectivity index (χ4n) is 2.67. The largest absolute Gasteiger partial charge is 0.467 e. The molecule has 2 fully saturated rings. The minimum atomic E-state index is -0.365. The Labute approximate surface area is 101 Å². The maximum atomic E-state index is 12.3. The van der Waals surface area contributed by atoms with Crippen LogP contribution in [-0.2, 0) is 14.3 Å². The summed E-state index contributed by atoms with van der Waals surface area (Å²) in [6.07, 6.45) is 4.71. The van der Waals surface area contributed by atoms with E-state index in [4.69, 9.17) is 4.74 Å². The van der Waals surface area contributed by atoms with Crippen molar-refractivity contribution in [3.05, 3.63) is 0 Å². The van der Waals surface area contributed by atoms with Crippen LogP contribution in [0.5, 0.6) is 0 Å². The molecule has 0 aromatic carbocycles. The Morgan fingerprint density at radius 2 is 2.06 bits per heavy atom. The van der Waals surface area contributed by atoms with Gasteiger partial charge < -0.3 is 15.0 Å². The van der Waals surface area contributed by atoms with E-state index in [1.807, 2.05) is 0 Å². The Hall–Kier alpha value is -1.10. The number of carbonyl (C=O) groups is 2. The standard InChI is InChI=1S/C12H20N2O3/c1-17-12(16)10-6-4-8-14(10)11(15)9-5-2-3-7-13-9/h9-10,13H,2-8H2,1H3. The first kappa shape index (κ1) is 12.4. The zero-order chi connectivity index (χ0) is 12.3. The molecule has 2 unspecified atom stereocenters. The first-order chi connectivity index (χ1) is 8.24. The summed E-state index contributed by atoms with van der Waals surface area (Å²) in [6.45, 7) is 1.57. The minimum absolute atomic E-state index is 0.0672. The molecule has 0 spiro atoms. The molecule has 0 aromatic heterocycles. The molecule has 2 saturated heterocycles. The predicted molar refractivity (Wildman–Crippen MR) is 62.4 cm³/mol. The molecule has 0 radical (unpaired) electrons. The lowest BCUT2D eigenvalue weighted by atomic mass is 10.0. The van der Waals surface area contributed by atoms with Crippen LogP contribution in [0.2, 0.25) is 0 Å². The van der Waals surface area contributed by atoms with E-state index in [1.54, 1.807) is 4.90 Å². The lowest BCUT2D eigenvalue weighted by molar-refractivity contribution is -0.151. The van der Waals surface area contributed by atoms with Crippen LogP contribution in [0, 0.1) is 0 Å². The van der Waals surface area contributed by atoms with Crippen LogP contribution in [0.25, 0.3) is 0 Å². The van der Waals surface area contributed by atoms with E-state index in [9.17, 15) is 9.59 Å². The molecule has 96 valence electrons. The van der Waals surface area contributed by atoms with E-state index in [2.05, 4.69) is 5.32 Å². The van der Waals surface area contributed by atoms with Gasteiger partial charge in [0.15, 0.2) is 0 Å². The monoisotopic (exact) mass is 240 g/mol. The molecule has 0 saturated carbocycles. The topological polar surface area (TPSA) is 58.6 Å². The van der Waals surface area contributed by atoms with Gasteiger partial charge in [-0.3, -0.25) is 4.79 Å². The van der Waals surface area contributed by atoms with Crippen molar-refractivity contribution in [3.63, 3.8) is 0 Å². The molecule has 0 aromatic rings. The molecular formula is C12H20N2O3. The maximum absolute atomic E-state index is 12.3. The zero-order valence-corrected chi connectivity index (χ0v) is 10.3. The van der Waals surface area contributed by atoms with Crippen LogP contribution in [0.1, 0.15) is 32.1 Å². The van der Waals surface area contributed by atoms with Gasteiger partial charge in [0.25, 0.3) is 0 Å². The number of carbonyl (C=O) groups excluding carboxylic acids is 2. The Morgan fingerprint density at radius 1 is 1.24 bits per heavy atom. The van der Waals surface area contributed by atoms with Crippen molar-refractivity contribution < 1.29 is 14.3 Å². The summed E-state index contributed by atoms with van der Waals surface area (Å²) in [6, 6.07) is -0.467. The summed E-state index contributed by atoms with van der Waals surface area (Å²) in [5.41, 5.74) is 0. The van der Waals surface area contributed by atoms with Gasteiger partial charge >= 0.3 is 5.97 Å². The highest BCUT2D eigenvalue weighted by Crippen LogP contribution is 2.21. The van der Waals surface area contributed by atoms with E-state index < -0.39 is 0 Å². The van der Waals surface area contributed by atoms with E-state index in [0.717, 1.165) is 38.6 Å². The van der Waals surface area contributed by atoms with Crippen molar-refractivity contribution in [2.45, 2.75) is 44.2 Å². The van der Waals surface area contributed by atoms with Gasteiger partial charge in [-0.25, -0.2) is 4.79 Å². The number of nitrogens with zero attached hydrogens (tertiary/aromatic N) is 1. The number of hydrogen-bond acceptors (Lipinski definition) is 4. The van der Waals surface area contributed by atoms with Gasteiger partial charge in [0, 0.05) is 6.54 Å². The number of piperidine rings is 1. The summed E-state index contributed by atoms with van der Waals surface area (Å²) in [5, 5.41) is 3.23. The molecule has 5 nitrogen and oxygen atoms in total. The zero-order valence-electron chi connectivity index (χ0n) is 10.3. The number of nitrogens with one attached hydrogen (secondary N) is 1. The maximum Gasteiger partial charge on any atom is 0.328 e. The number of rotatable bonds is 2. The van der Waals surface area contributed by atoms with Crippen LogP contribution >= 0.6 is 0 Å². The van der Waals surface area contributed by atoms with Crippen molar-refractivity contribution in [2.75, 3.05) is 20.2 Å². The van der Waals surface area contributed by atoms with Crippen LogP contribution < -0.4 is 5.32 Å².